The number of carbonyl (C=O) groups is 1. The number of aryl methyl sites for hydroxylation is 1. The molecule has 2 atom stereocenters. The molecule has 0 aromatic carbocycles. The van der Waals surface area contributed by atoms with Crippen LogP contribution in [0.5, 0.6) is 0 Å². The summed E-state index contributed by atoms with van der Waals surface area (Å²) in [6.07, 6.45) is 6.71. The second kappa shape index (κ2) is 7.21. The van der Waals surface area contributed by atoms with E-state index in [-0.39, 0.29) is 17.6 Å². The first-order valence-electron chi connectivity index (χ1n) is 7.72. The summed E-state index contributed by atoms with van der Waals surface area (Å²) in [5.41, 5.74) is 0.761. The minimum absolute atomic E-state index is 0.160. The molecule has 1 aromatic rings. The molecule has 0 fully saturated rings. The van der Waals surface area contributed by atoms with E-state index in [1.165, 1.54) is 0 Å². The smallest absolute Gasteiger partial charge is 0.255 e. The van der Waals surface area contributed by atoms with Crippen molar-refractivity contribution in [2.75, 3.05) is 0 Å². The number of unbranched alkanes of at least 4 members (excludes halogenated alkanes) is 1. The van der Waals surface area contributed by atoms with Crippen LogP contribution in [0.25, 0.3) is 5.57 Å². The lowest BCUT2D eigenvalue weighted by Crippen LogP contribution is -2.23. The van der Waals surface area contributed by atoms with Crippen LogP contribution < -0.4 is 0 Å². The van der Waals surface area contributed by atoms with Crippen molar-refractivity contribution in [3.63, 3.8) is 0 Å². The van der Waals surface area contributed by atoms with Crippen molar-refractivity contribution in [3.05, 3.63) is 17.9 Å². The molecular formula is C17H22N2O2. The maximum absolute atomic E-state index is 12.2. The number of aromatic nitrogens is 2. The van der Waals surface area contributed by atoms with Crippen molar-refractivity contribution in [3.8, 4) is 11.8 Å². The molecule has 0 N–H and O–H groups in total. The Kier molecular flexibility index (Phi) is 5.32. The van der Waals surface area contributed by atoms with E-state index >= 15 is 0 Å². The predicted molar refractivity (Wildman–Crippen MR) is 81.2 cm³/mol. The van der Waals surface area contributed by atoms with Crippen LogP contribution in [0.2, 0.25) is 0 Å². The number of hydrogen-bond donors (Lipinski definition) is 0. The average Bonchev–Trinajstić information content (AvgIpc) is 2.91. The summed E-state index contributed by atoms with van der Waals surface area (Å²) in [6.45, 7) is 5.94. The highest BCUT2D eigenvalue weighted by Gasteiger charge is 2.27. The average molecular weight is 286 g/mol. The van der Waals surface area contributed by atoms with Gasteiger partial charge in [-0.3, -0.25) is 4.79 Å². The molecule has 0 bridgehead atoms. The van der Waals surface area contributed by atoms with E-state index in [1.54, 1.807) is 6.92 Å². The van der Waals surface area contributed by atoms with E-state index in [0.29, 0.717) is 18.2 Å². The lowest BCUT2D eigenvalue weighted by Gasteiger charge is -2.21. The van der Waals surface area contributed by atoms with Gasteiger partial charge in [-0.05, 0) is 18.8 Å². The molecule has 0 spiro atoms. The van der Waals surface area contributed by atoms with Crippen molar-refractivity contribution in [2.45, 2.75) is 52.9 Å². The molecule has 4 nitrogen and oxygen atoms in total. The number of allylic oxidation sites excluding steroid dienone is 2. The van der Waals surface area contributed by atoms with Gasteiger partial charge in [0.2, 0.25) is 5.89 Å². The molecule has 2 unspecified atom stereocenters. The quantitative estimate of drug-likeness (QED) is 0.719. The number of nitrogens with zero attached hydrogens (tertiary/aromatic N) is 2. The van der Waals surface area contributed by atoms with Gasteiger partial charge in [-0.25, -0.2) is 0 Å². The molecule has 4 heteroatoms. The van der Waals surface area contributed by atoms with Crippen LogP contribution in [0.3, 0.4) is 0 Å². The van der Waals surface area contributed by atoms with Gasteiger partial charge < -0.3 is 4.42 Å². The molecule has 1 aromatic heterocycles. The lowest BCUT2D eigenvalue weighted by molar-refractivity contribution is -0.122. The predicted octanol–water partition coefficient (Wildman–Crippen LogP) is 3.57. The molecule has 112 valence electrons. The number of ketones is 1. The fourth-order valence-electron chi connectivity index (χ4n) is 2.56. The van der Waals surface area contributed by atoms with E-state index in [0.717, 1.165) is 31.3 Å². The summed E-state index contributed by atoms with van der Waals surface area (Å²) in [4.78, 5) is 12.2. The molecule has 1 aliphatic carbocycles. The Morgan fingerprint density at radius 3 is 2.76 bits per heavy atom. The Balaban J connectivity index is 2.22. The maximum atomic E-state index is 12.2. The highest BCUT2D eigenvalue weighted by atomic mass is 16.4. The highest BCUT2D eigenvalue weighted by Crippen LogP contribution is 2.29. The Hall–Kier alpha value is -1.89. The molecule has 1 aliphatic rings. The van der Waals surface area contributed by atoms with E-state index in [4.69, 9.17) is 4.42 Å². The SMILES string of the molecule is CCCCC1C=C(c2nnc(C)o2)C#CC1C(=O)CCC. The van der Waals surface area contributed by atoms with Gasteiger partial charge in [0, 0.05) is 13.3 Å². The van der Waals surface area contributed by atoms with Crippen LogP contribution in [0.1, 0.15) is 57.7 Å². The van der Waals surface area contributed by atoms with Crippen LogP contribution in [-0.4, -0.2) is 16.0 Å². The van der Waals surface area contributed by atoms with E-state index in [9.17, 15) is 4.79 Å². The van der Waals surface area contributed by atoms with Crippen LogP contribution in [0, 0.1) is 30.6 Å². The third kappa shape index (κ3) is 3.81. The molecule has 21 heavy (non-hydrogen) atoms. The van der Waals surface area contributed by atoms with E-state index in [1.807, 2.05) is 6.92 Å². The molecular weight excluding hydrogens is 264 g/mol. The van der Waals surface area contributed by atoms with E-state index < -0.39 is 0 Å². The fraction of sp³-hybridized carbons (Fsp3) is 0.588. The van der Waals surface area contributed by atoms with Crippen LogP contribution in [0.4, 0.5) is 0 Å². The second-order valence-corrected chi connectivity index (χ2v) is 5.48. The first kappa shape index (κ1) is 15.5. The van der Waals surface area contributed by atoms with Gasteiger partial charge >= 0.3 is 0 Å². The Bertz CT molecular complexity index is 589. The minimum atomic E-state index is -0.177. The number of rotatable bonds is 7. The van der Waals surface area contributed by atoms with Gasteiger partial charge in [0.25, 0.3) is 5.89 Å². The Morgan fingerprint density at radius 1 is 1.33 bits per heavy atom. The Labute approximate surface area is 126 Å². The van der Waals surface area contributed by atoms with E-state index in [2.05, 4.69) is 35.0 Å². The number of hydrogen-bond acceptors (Lipinski definition) is 4. The standard InChI is InChI=1S/C17H22N2O2/c1-4-6-8-13-11-14(17-19-18-12(3)21-17)9-10-15(13)16(20)7-5-2/h11,13,15H,4-8H2,1-3H3. The maximum Gasteiger partial charge on any atom is 0.255 e. The fourth-order valence-corrected chi connectivity index (χ4v) is 2.56. The summed E-state index contributed by atoms with van der Waals surface area (Å²) in [6, 6.07) is 0. The molecule has 1 heterocycles. The summed E-state index contributed by atoms with van der Waals surface area (Å²) in [7, 11) is 0. The molecule has 2 rings (SSSR count). The molecule has 0 saturated carbocycles. The topological polar surface area (TPSA) is 56.0 Å². The van der Waals surface area contributed by atoms with Crippen LogP contribution >= 0.6 is 0 Å². The number of Topliss-reactive ketones (excluding diaryl/α,β-unsaturated/α-hetero) is 1. The van der Waals surface area contributed by atoms with Gasteiger partial charge in [0.15, 0.2) is 0 Å². The van der Waals surface area contributed by atoms with Gasteiger partial charge in [0.1, 0.15) is 5.78 Å². The van der Waals surface area contributed by atoms with Crippen LogP contribution in [0.15, 0.2) is 10.5 Å². The van der Waals surface area contributed by atoms with Gasteiger partial charge in [-0.15, -0.1) is 10.2 Å². The third-order valence-corrected chi connectivity index (χ3v) is 3.66. The lowest BCUT2D eigenvalue weighted by atomic mass is 9.80. The third-order valence-electron chi connectivity index (χ3n) is 3.66. The molecule has 0 aliphatic heterocycles. The van der Waals surface area contributed by atoms with Gasteiger partial charge in [0.05, 0.1) is 11.5 Å². The first-order chi connectivity index (χ1) is 10.2. The highest BCUT2D eigenvalue weighted by molar-refractivity contribution is 5.87. The summed E-state index contributed by atoms with van der Waals surface area (Å²) in [5, 5.41) is 7.86. The number of carbonyl (C=O) groups excluding carboxylic acids is 1. The Morgan fingerprint density at radius 2 is 2.14 bits per heavy atom. The second-order valence-electron chi connectivity index (χ2n) is 5.48. The zero-order valence-corrected chi connectivity index (χ0v) is 13.0. The first-order valence-corrected chi connectivity index (χ1v) is 7.72. The van der Waals surface area contributed by atoms with Crippen molar-refractivity contribution < 1.29 is 9.21 Å². The largest absolute Gasteiger partial charge is 0.420 e. The van der Waals surface area contributed by atoms with Gasteiger partial charge in [-0.2, -0.15) is 0 Å². The normalized spacial score (nSPS) is 20.6. The monoisotopic (exact) mass is 286 g/mol. The van der Waals surface area contributed by atoms with Crippen molar-refractivity contribution in [1.82, 2.24) is 10.2 Å². The van der Waals surface area contributed by atoms with Crippen molar-refractivity contribution in [1.29, 1.82) is 0 Å². The molecule has 0 saturated heterocycles. The van der Waals surface area contributed by atoms with Gasteiger partial charge in [-0.1, -0.05) is 44.6 Å². The summed E-state index contributed by atoms with van der Waals surface area (Å²) in [5.74, 6) is 7.39. The van der Waals surface area contributed by atoms with Crippen molar-refractivity contribution >= 4 is 11.4 Å². The molecule has 0 amide bonds. The van der Waals surface area contributed by atoms with Crippen molar-refractivity contribution in [2.24, 2.45) is 11.8 Å². The summed E-state index contributed by atoms with van der Waals surface area (Å²) >= 11 is 0. The van der Waals surface area contributed by atoms with Crippen LogP contribution in [-0.2, 0) is 4.79 Å². The minimum Gasteiger partial charge on any atom is -0.420 e. The molecule has 0 radical (unpaired) electrons. The zero-order chi connectivity index (χ0) is 15.2. The zero-order valence-electron chi connectivity index (χ0n) is 13.0. The summed E-state index contributed by atoms with van der Waals surface area (Å²) < 4.78 is 5.44.